The van der Waals surface area contributed by atoms with Crippen LogP contribution in [0.3, 0.4) is 0 Å². The van der Waals surface area contributed by atoms with Crippen molar-refractivity contribution in [3.63, 3.8) is 0 Å². The lowest BCUT2D eigenvalue weighted by atomic mass is 10.2. The van der Waals surface area contributed by atoms with Crippen LogP contribution in [-0.4, -0.2) is 33.2 Å². The van der Waals surface area contributed by atoms with Crippen LogP contribution in [0, 0.1) is 12.7 Å². The molecule has 0 unspecified atom stereocenters. The zero-order chi connectivity index (χ0) is 19.3. The molecule has 5 nitrogen and oxygen atoms in total. The van der Waals surface area contributed by atoms with Crippen LogP contribution in [0.15, 0.2) is 41.4 Å². The number of anilines is 1. The fourth-order valence-electron chi connectivity index (χ4n) is 2.14. The van der Waals surface area contributed by atoms with Gasteiger partial charge < -0.3 is 4.90 Å². The Morgan fingerprint density at radius 1 is 1.31 bits per heavy atom. The van der Waals surface area contributed by atoms with Crippen LogP contribution in [0.4, 0.5) is 15.8 Å². The van der Waals surface area contributed by atoms with Crippen molar-refractivity contribution >= 4 is 39.3 Å². The number of sulfonamides is 1. The van der Waals surface area contributed by atoms with Gasteiger partial charge in [-0.25, -0.2) is 17.8 Å². The predicted molar refractivity (Wildman–Crippen MR) is 105 cm³/mol. The summed E-state index contributed by atoms with van der Waals surface area (Å²) in [4.78, 5) is 6.18. The summed E-state index contributed by atoms with van der Waals surface area (Å²) in [6, 6.07) is 8.98. The third-order valence-electron chi connectivity index (χ3n) is 3.76. The third kappa shape index (κ3) is 5.44. The number of aliphatic imine (C=N–C) groups is 1. The lowest BCUT2D eigenvalue weighted by Crippen LogP contribution is -2.16. The number of nitrogens with one attached hydrogen (secondary N) is 1. The van der Waals surface area contributed by atoms with Gasteiger partial charge in [0.1, 0.15) is 5.82 Å². The maximum absolute atomic E-state index is 13.7. The first-order valence-corrected chi connectivity index (χ1v) is 10.0. The van der Waals surface area contributed by atoms with Gasteiger partial charge in [-0.15, -0.1) is 0 Å². The number of benzene rings is 2. The quantitative estimate of drug-likeness (QED) is 0.558. The summed E-state index contributed by atoms with van der Waals surface area (Å²) < 4.78 is 40.9. The molecule has 0 aliphatic heterocycles. The topological polar surface area (TPSA) is 61.8 Å². The van der Waals surface area contributed by atoms with Crippen molar-refractivity contribution in [2.45, 2.75) is 19.6 Å². The molecule has 1 N–H and O–H groups in total. The van der Waals surface area contributed by atoms with Crippen molar-refractivity contribution in [1.82, 2.24) is 4.90 Å². The molecular formula is C18H21ClFN3O2S. The molecule has 0 amide bonds. The van der Waals surface area contributed by atoms with E-state index in [1.165, 1.54) is 24.3 Å². The van der Waals surface area contributed by atoms with Gasteiger partial charge in [0.25, 0.3) is 0 Å². The van der Waals surface area contributed by atoms with Crippen LogP contribution in [0.25, 0.3) is 0 Å². The minimum Gasteiger partial charge on any atom is -0.366 e. The summed E-state index contributed by atoms with van der Waals surface area (Å²) in [5.41, 5.74) is 1.65. The highest BCUT2D eigenvalue weighted by Crippen LogP contribution is 2.31. The molecular weight excluding hydrogens is 377 g/mol. The highest BCUT2D eigenvalue weighted by molar-refractivity contribution is 7.91. The normalized spacial score (nSPS) is 11.7. The lowest BCUT2D eigenvalue weighted by Gasteiger charge is -2.13. The van der Waals surface area contributed by atoms with E-state index in [9.17, 15) is 12.8 Å². The van der Waals surface area contributed by atoms with Crippen molar-refractivity contribution in [2.24, 2.45) is 4.99 Å². The molecule has 0 atom stereocenters. The Balaban J connectivity index is 2.22. The Labute approximate surface area is 158 Å². The smallest absolute Gasteiger partial charge is 0.237 e. The number of nitrogens with zero attached hydrogens (tertiary/aromatic N) is 2. The maximum atomic E-state index is 13.7. The van der Waals surface area contributed by atoms with Gasteiger partial charge in [-0.2, -0.15) is 0 Å². The molecule has 0 radical (unpaired) electrons. The third-order valence-corrected chi connectivity index (χ3v) is 5.28. The standard InChI is InChI=1S/C18H21ClFN3O2S/c1-4-23(3)12-21-18-9-13(2)17(10-15(18)19)22-26(24,25)11-14-7-5-6-8-16(14)20/h5-10,12,22H,4,11H2,1-3H3. The van der Waals surface area contributed by atoms with Crippen molar-refractivity contribution in [3.8, 4) is 0 Å². The summed E-state index contributed by atoms with van der Waals surface area (Å²) in [7, 11) is -1.90. The molecule has 26 heavy (non-hydrogen) atoms. The van der Waals surface area contributed by atoms with E-state index in [2.05, 4.69) is 9.71 Å². The summed E-state index contributed by atoms with van der Waals surface area (Å²) in [6.45, 7) is 4.54. The van der Waals surface area contributed by atoms with E-state index in [1.54, 1.807) is 25.4 Å². The van der Waals surface area contributed by atoms with Gasteiger partial charge in [0.2, 0.25) is 10.0 Å². The molecule has 0 aliphatic carbocycles. The molecule has 0 aromatic heterocycles. The number of hydrogen-bond acceptors (Lipinski definition) is 3. The van der Waals surface area contributed by atoms with Crippen molar-refractivity contribution < 1.29 is 12.8 Å². The van der Waals surface area contributed by atoms with Gasteiger partial charge in [-0.1, -0.05) is 29.8 Å². The molecule has 0 saturated heterocycles. The average Bonchev–Trinajstić information content (AvgIpc) is 2.58. The second kappa shape index (κ2) is 8.51. The van der Waals surface area contributed by atoms with Gasteiger partial charge in [0, 0.05) is 19.2 Å². The van der Waals surface area contributed by atoms with Crippen molar-refractivity contribution in [2.75, 3.05) is 18.3 Å². The van der Waals surface area contributed by atoms with E-state index in [-0.39, 0.29) is 5.56 Å². The molecule has 140 valence electrons. The van der Waals surface area contributed by atoms with Gasteiger partial charge in [0.05, 0.1) is 28.5 Å². The molecule has 0 bridgehead atoms. The van der Waals surface area contributed by atoms with E-state index in [1.807, 2.05) is 18.9 Å². The highest BCUT2D eigenvalue weighted by atomic mass is 35.5. The Hall–Kier alpha value is -2.12. The summed E-state index contributed by atoms with van der Waals surface area (Å²) in [5, 5.41) is 0.319. The lowest BCUT2D eigenvalue weighted by molar-refractivity contribution is 0.552. The second-order valence-corrected chi connectivity index (χ2v) is 8.02. The molecule has 0 fully saturated rings. The fourth-order valence-corrected chi connectivity index (χ4v) is 3.62. The van der Waals surface area contributed by atoms with E-state index < -0.39 is 21.6 Å². The van der Waals surface area contributed by atoms with Crippen molar-refractivity contribution in [3.05, 3.63) is 58.4 Å². The molecule has 2 aromatic carbocycles. The first kappa shape index (κ1) is 20.2. The number of aryl methyl sites for hydroxylation is 1. The zero-order valence-electron chi connectivity index (χ0n) is 14.8. The van der Waals surface area contributed by atoms with Crippen LogP contribution in [0.5, 0.6) is 0 Å². The van der Waals surface area contributed by atoms with E-state index >= 15 is 0 Å². The van der Waals surface area contributed by atoms with Crippen molar-refractivity contribution in [1.29, 1.82) is 0 Å². The molecule has 0 aliphatic rings. The molecule has 0 heterocycles. The second-order valence-electron chi connectivity index (χ2n) is 5.89. The van der Waals surface area contributed by atoms with Crippen LogP contribution in [-0.2, 0) is 15.8 Å². The SMILES string of the molecule is CCN(C)C=Nc1cc(C)c(NS(=O)(=O)Cc2ccccc2F)cc1Cl. The summed E-state index contributed by atoms with van der Waals surface area (Å²) in [6.07, 6.45) is 1.66. The maximum Gasteiger partial charge on any atom is 0.237 e. The van der Waals surface area contributed by atoms with Crippen LogP contribution < -0.4 is 4.72 Å². The number of rotatable bonds is 7. The Bertz CT molecular complexity index is 917. The minimum atomic E-state index is -3.79. The molecule has 0 saturated carbocycles. The van der Waals surface area contributed by atoms with E-state index in [0.29, 0.717) is 22.0 Å². The molecule has 2 rings (SSSR count). The summed E-state index contributed by atoms with van der Waals surface area (Å²) in [5.74, 6) is -1.02. The van der Waals surface area contributed by atoms with Gasteiger partial charge >= 0.3 is 0 Å². The molecule has 8 heteroatoms. The first-order valence-electron chi connectivity index (χ1n) is 8.00. The van der Waals surface area contributed by atoms with Gasteiger partial charge in [-0.05, 0) is 37.6 Å². The predicted octanol–water partition coefficient (Wildman–Crippen LogP) is 4.34. The Morgan fingerprint density at radius 3 is 2.65 bits per heavy atom. The van der Waals surface area contributed by atoms with E-state index in [0.717, 1.165) is 6.54 Å². The van der Waals surface area contributed by atoms with Gasteiger partial charge in [-0.3, -0.25) is 4.72 Å². The highest BCUT2D eigenvalue weighted by Gasteiger charge is 2.16. The molecule has 2 aromatic rings. The van der Waals surface area contributed by atoms with Crippen LogP contribution in [0.1, 0.15) is 18.1 Å². The van der Waals surface area contributed by atoms with E-state index in [4.69, 9.17) is 11.6 Å². The van der Waals surface area contributed by atoms with Crippen LogP contribution in [0.2, 0.25) is 5.02 Å². The Kier molecular flexibility index (Phi) is 6.61. The largest absolute Gasteiger partial charge is 0.366 e. The summed E-state index contributed by atoms with van der Waals surface area (Å²) >= 11 is 6.22. The number of halogens is 2. The number of hydrogen-bond donors (Lipinski definition) is 1. The first-order chi connectivity index (χ1) is 12.2. The minimum absolute atomic E-state index is 0.104. The monoisotopic (exact) mass is 397 g/mol. The molecule has 0 spiro atoms. The average molecular weight is 398 g/mol. The van der Waals surface area contributed by atoms with Crippen LogP contribution >= 0.6 is 11.6 Å². The van der Waals surface area contributed by atoms with Gasteiger partial charge in [0.15, 0.2) is 0 Å². The fraction of sp³-hybridized carbons (Fsp3) is 0.278. The Morgan fingerprint density at radius 2 is 2.00 bits per heavy atom. The zero-order valence-corrected chi connectivity index (χ0v) is 16.4.